The summed E-state index contributed by atoms with van der Waals surface area (Å²) in [6.07, 6.45) is 4.21. The summed E-state index contributed by atoms with van der Waals surface area (Å²) >= 11 is 0. The third-order valence-corrected chi connectivity index (χ3v) is 4.13. The molecule has 0 radical (unpaired) electrons. The largest absolute Gasteiger partial charge is 0.495 e. The van der Waals surface area contributed by atoms with Gasteiger partial charge in [-0.15, -0.1) is 0 Å². The number of aliphatic hydroxyl groups excluding tert-OH is 1. The number of benzene rings is 1. The summed E-state index contributed by atoms with van der Waals surface area (Å²) in [5.41, 5.74) is 1.14. The van der Waals surface area contributed by atoms with Crippen molar-refractivity contribution >= 4 is 5.91 Å². The highest BCUT2D eigenvalue weighted by Gasteiger charge is 2.36. The first kappa shape index (κ1) is 15.4. The standard InChI is InChI=1S/C17H21NO3/c1-3-17(9-5-10-17)18-16(20)14-7-8-15(21-2)13(12-14)6-4-11-19/h7-8,12,19H,3,5,9-11H2,1-2H3,(H,18,20). The maximum atomic E-state index is 12.4. The lowest BCUT2D eigenvalue weighted by molar-refractivity contribution is 0.0820. The average molecular weight is 287 g/mol. The molecular weight excluding hydrogens is 266 g/mol. The normalized spacial score (nSPS) is 15.4. The van der Waals surface area contributed by atoms with E-state index >= 15 is 0 Å². The molecule has 112 valence electrons. The van der Waals surface area contributed by atoms with Crippen molar-refractivity contribution < 1.29 is 14.6 Å². The second-order valence-electron chi connectivity index (χ2n) is 5.32. The van der Waals surface area contributed by atoms with Gasteiger partial charge >= 0.3 is 0 Å². The van der Waals surface area contributed by atoms with Crippen LogP contribution in [-0.2, 0) is 0 Å². The van der Waals surface area contributed by atoms with Gasteiger partial charge in [0.05, 0.1) is 12.7 Å². The SMILES string of the molecule is CCC1(NC(=O)c2ccc(OC)c(C#CCO)c2)CCC1. The van der Waals surface area contributed by atoms with Gasteiger partial charge in [0.1, 0.15) is 12.4 Å². The van der Waals surface area contributed by atoms with E-state index in [1.165, 1.54) is 6.42 Å². The van der Waals surface area contributed by atoms with Crippen LogP contribution in [0.15, 0.2) is 18.2 Å². The Bertz CT molecular complexity index is 574. The summed E-state index contributed by atoms with van der Waals surface area (Å²) in [6.45, 7) is 1.88. The van der Waals surface area contributed by atoms with E-state index in [0.29, 0.717) is 16.9 Å². The fourth-order valence-corrected chi connectivity index (χ4v) is 2.57. The molecule has 4 nitrogen and oxygen atoms in total. The molecule has 4 heteroatoms. The van der Waals surface area contributed by atoms with Crippen LogP contribution in [-0.4, -0.2) is 30.3 Å². The van der Waals surface area contributed by atoms with Gasteiger partial charge in [-0.05, 0) is 43.9 Å². The molecule has 2 rings (SSSR count). The van der Waals surface area contributed by atoms with Crippen molar-refractivity contribution in [2.45, 2.75) is 38.1 Å². The van der Waals surface area contributed by atoms with Gasteiger partial charge in [-0.25, -0.2) is 0 Å². The van der Waals surface area contributed by atoms with Gasteiger partial charge in [0, 0.05) is 11.1 Å². The van der Waals surface area contributed by atoms with Gasteiger partial charge in [-0.2, -0.15) is 0 Å². The lowest BCUT2D eigenvalue weighted by atomic mass is 9.74. The topological polar surface area (TPSA) is 58.6 Å². The number of aliphatic hydroxyl groups is 1. The summed E-state index contributed by atoms with van der Waals surface area (Å²) in [7, 11) is 1.56. The zero-order valence-corrected chi connectivity index (χ0v) is 12.5. The lowest BCUT2D eigenvalue weighted by Gasteiger charge is -2.42. The minimum atomic E-state index is -0.224. The third-order valence-electron chi connectivity index (χ3n) is 4.13. The number of carbonyl (C=O) groups is 1. The van der Waals surface area contributed by atoms with Gasteiger partial charge in [0.2, 0.25) is 0 Å². The smallest absolute Gasteiger partial charge is 0.251 e. The fraction of sp³-hybridized carbons (Fsp3) is 0.471. The van der Waals surface area contributed by atoms with Gasteiger partial charge < -0.3 is 15.2 Å². The van der Waals surface area contributed by atoms with Crippen molar-refractivity contribution in [2.75, 3.05) is 13.7 Å². The van der Waals surface area contributed by atoms with Gasteiger partial charge in [-0.1, -0.05) is 18.8 Å². The van der Waals surface area contributed by atoms with Crippen LogP contribution in [0.25, 0.3) is 0 Å². The maximum Gasteiger partial charge on any atom is 0.251 e. The molecular formula is C17H21NO3. The van der Waals surface area contributed by atoms with Crippen LogP contribution in [0.1, 0.15) is 48.5 Å². The minimum Gasteiger partial charge on any atom is -0.495 e. The molecule has 0 atom stereocenters. The van der Waals surface area contributed by atoms with E-state index in [4.69, 9.17) is 9.84 Å². The van der Waals surface area contributed by atoms with E-state index in [0.717, 1.165) is 19.3 Å². The fourth-order valence-electron chi connectivity index (χ4n) is 2.57. The molecule has 1 amide bonds. The van der Waals surface area contributed by atoms with E-state index in [1.54, 1.807) is 25.3 Å². The van der Waals surface area contributed by atoms with Crippen LogP contribution in [0.3, 0.4) is 0 Å². The Balaban J connectivity index is 2.21. The number of hydrogen-bond donors (Lipinski definition) is 2. The van der Waals surface area contributed by atoms with Gasteiger partial charge in [0.25, 0.3) is 5.91 Å². The molecule has 21 heavy (non-hydrogen) atoms. The number of rotatable bonds is 4. The molecule has 0 bridgehead atoms. The Morgan fingerprint density at radius 3 is 2.76 bits per heavy atom. The van der Waals surface area contributed by atoms with Crippen molar-refractivity contribution in [1.82, 2.24) is 5.32 Å². The van der Waals surface area contributed by atoms with E-state index in [-0.39, 0.29) is 18.1 Å². The number of methoxy groups -OCH3 is 1. The molecule has 0 saturated heterocycles. The Morgan fingerprint density at radius 1 is 1.48 bits per heavy atom. The number of amides is 1. The molecule has 0 spiro atoms. The van der Waals surface area contributed by atoms with Crippen LogP contribution in [0.5, 0.6) is 5.75 Å². The second kappa shape index (κ2) is 6.64. The molecule has 1 aliphatic carbocycles. The minimum absolute atomic E-state index is 0.0338. The van der Waals surface area contributed by atoms with Crippen molar-refractivity contribution in [3.05, 3.63) is 29.3 Å². The molecule has 0 unspecified atom stereocenters. The number of hydrogen-bond acceptors (Lipinski definition) is 3. The summed E-state index contributed by atoms with van der Waals surface area (Å²) in [4.78, 5) is 12.4. The van der Waals surface area contributed by atoms with E-state index in [2.05, 4.69) is 24.1 Å². The summed E-state index contributed by atoms with van der Waals surface area (Å²) in [5.74, 6) is 5.91. The predicted octanol–water partition coefficient (Wildman–Crippen LogP) is 2.10. The number of ether oxygens (including phenoxy) is 1. The highest BCUT2D eigenvalue weighted by molar-refractivity contribution is 5.95. The van der Waals surface area contributed by atoms with Crippen molar-refractivity contribution in [3.8, 4) is 17.6 Å². The molecule has 1 aliphatic rings. The Kier molecular flexibility index (Phi) is 4.87. The van der Waals surface area contributed by atoms with Crippen LogP contribution >= 0.6 is 0 Å². The Morgan fingerprint density at radius 2 is 2.24 bits per heavy atom. The number of nitrogens with one attached hydrogen (secondary N) is 1. The van der Waals surface area contributed by atoms with Crippen molar-refractivity contribution in [3.63, 3.8) is 0 Å². The molecule has 0 aromatic heterocycles. The molecule has 1 saturated carbocycles. The van der Waals surface area contributed by atoms with Crippen LogP contribution in [0, 0.1) is 11.8 Å². The Hall–Kier alpha value is -1.99. The predicted molar refractivity (Wildman–Crippen MR) is 81.3 cm³/mol. The van der Waals surface area contributed by atoms with E-state index < -0.39 is 0 Å². The summed E-state index contributed by atoms with van der Waals surface area (Å²) in [6, 6.07) is 5.18. The highest BCUT2D eigenvalue weighted by atomic mass is 16.5. The first-order valence-electron chi connectivity index (χ1n) is 7.24. The van der Waals surface area contributed by atoms with Crippen molar-refractivity contribution in [1.29, 1.82) is 0 Å². The van der Waals surface area contributed by atoms with Crippen LogP contribution < -0.4 is 10.1 Å². The first-order chi connectivity index (χ1) is 10.1. The molecule has 0 heterocycles. The summed E-state index contributed by atoms with van der Waals surface area (Å²) in [5, 5.41) is 11.9. The monoisotopic (exact) mass is 287 g/mol. The van der Waals surface area contributed by atoms with Gasteiger partial charge in [-0.3, -0.25) is 4.79 Å². The van der Waals surface area contributed by atoms with Crippen LogP contribution in [0.4, 0.5) is 0 Å². The zero-order valence-electron chi connectivity index (χ0n) is 12.5. The van der Waals surface area contributed by atoms with Gasteiger partial charge in [0.15, 0.2) is 0 Å². The van der Waals surface area contributed by atoms with E-state index in [1.807, 2.05) is 0 Å². The van der Waals surface area contributed by atoms with E-state index in [9.17, 15) is 4.79 Å². The second-order valence-corrected chi connectivity index (χ2v) is 5.32. The first-order valence-corrected chi connectivity index (χ1v) is 7.24. The van der Waals surface area contributed by atoms with Crippen LogP contribution in [0.2, 0.25) is 0 Å². The summed E-state index contributed by atoms with van der Waals surface area (Å²) < 4.78 is 5.22. The molecule has 1 aromatic rings. The van der Waals surface area contributed by atoms with Crippen molar-refractivity contribution in [2.24, 2.45) is 0 Å². The molecule has 2 N–H and O–H groups in total. The zero-order chi connectivity index (χ0) is 15.3. The molecule has 1 aromatic carbocycles. The molecule has 1 fully saturated rings. The lowest BCUT2D eigenvalue weighted by Crippen LogP contribution is -2.52. The maximum absolute atomic E-state index is 12.4. The quantitative estimate of drug-likeness (QED) is 0.834. The molecule has 0 aliphatic heterocycles. The number of carbonyl (C=O) groups excluding carboxylic acids is 1. The highest BCUT2D eigenvalue weighted by Crippen LogP contribution is 2.35. The third kappa shape index (κ3) is 3.37. The average Bonchev–Trinajstić information content (AvgIpc) is 2.48. The Labute approximate surface area is 125 Å².